The lowest BCUT2D eigenvalue weighted by Gasteiger charge is -2.12. The zero-order valence-electron chi connectivity index (χ0n) is 11.3. The number of aryl methyl sites for hydroxylation is 1. The van der Waals surface area contributed by atoms with Crippen molar-refractivity contribution in [3.8, 4) is 0 Å². The van der Waals surface area contributed by atoms with Gasteiger partial charge in [-0.1, -0.05) is 19.4 Å². The molecule has 0 bridgehead atoms. The van der Waals surface area contributed by atoms with Gasteiger partial charge in [0, 0.05) is 18.4 Å². The van der Waals surface area contributed by atoms with E-state index in [2.05, 4.69) is 10.3 Å². The molecule has 104 valence electrons. The Morgan fingerprint density at radius 2 is 2.16 bits per heavy atom. The van der Waals surface area contributed by atoms with Crippen molar-refractivity contribution in [2.75, 3.05) is 6.54 Å². The van der Waals surface area contributed by atoms with E-state index < -0.39 is 11.9 Å². The Bertz CT molecular complexity index is 429. The first-order valence-electron chi connectivity index (χ1n) is 6.44. The number of hydrogen-bond donors (Lipinski definition) is 2. The van der Waals surface area contributed by atoms with E-state index in [4.69, 9.17) is 5.11 Å². The summed E-state index contributed by atoms with van der Waals surface area (Å²) >= 11 is 0. The van der Waals surface area contributed by atoms with Gasteiger partial charge >= 0.3 is 5.97 Å². The van der Waals surface area contributed by atoms with E-state index in [-0.39, 0.29) is 18.9 Å². The lowest BCUT2D eigenvalue weighted by Crippen LogP contribution is -2.33. The molecule has 0 fully saturated rings. The van der Waals surface area contributed by atoms with Gasteiger partial charge in [0.05, 0.1) is 12.3 Å². The van der Waals surface area contributed by atoms with Crippen LogP contribution in [0.4, 0.5) is 0 Å². The minimum absolute atomic E-state index is 0.173. The molecule has 0 aromatic carbocycles. The lowest BCUT2D eigenvalue weighted by molar-refractivity contribution is -0.141. The average Bonchev–Trinajstić information content (AvgIpc) is 2.37. The topological polar surface area (TPSA) is 79.3 Å². The van der Waals surface area contributed by atoms with E-state index >= 15 is 0 Å². The van der Waals surface area contributed by atoms with E-state index in [0.717, 1.165) is 17.7 Å². The van der Waals surface area contributed by atoms with Crippen LogP contribution in [0.3, 0.4) is 0 Å². The molecular weight excluding hydrogens is 244 g/mol. The van der Waals surface area contributed by atoms with E-state index in [0.29, 0.717) is 6.42 Å². The third-order valence-electron chi connectivity index (χ3n) is 2.87. The summed E-state index contributed by atoms with van der Waals surface area (Å²) in [5, 5.41) is 11.6. The van der Waals surface area contributed by atoms with Crippen LogP contribution in [0, 0.1) is 12.8 Å². The molecule has 19 heavy (non-hydrogen) atoms. The first-order valence-corrected chi connectivity index (χ1v) is 6.44. The summed E-state index contributed by atoms with van der Waals surface area (Å²) in [6.45, 7) is 3.99. The molecule has 1 rings (SSSR count). The quantitative estimate of drug-likeness (QED) is 0.783. The number of hydrogen-bond acceptors (Lipinski definition) is 3. The molecule has 1 amide bonds. The maximum Gasteiger partial charge on any atom is 0.308 e. The Morgan fingerprint density at radius 1 is 1.42 bits per heavy atom. The van der Waals surface area contributed by atoms with Gasteiger partial charge in [0.2, 0.25) is 5.91 Å². The predicted octanol–water partition coefficient (Wildman–Crippen LogP) is 1.55. The molecule has 0 saturated carbocycles. The molecule has 1 aromatic rings. The van der Waals surface area contributed by atoms with Crippen LogP contribution in [0.1, 0.15) is 31.0 Å². The Kier molecular flexibility index (Phi) is 5.99. The number of amides is 1. The SMILES string of the molecule is CCCC(CNC(=O)Cc1ccc(C)nc1)C(=O)O. The molecule has 0 aliphatic heterocycles. The van der Waals surface area contributed by atoms with Crippen molar-refractivity contribution < 1.29 is 14.7 Å². The van der Waals surface area contributed by atoms with Gasteiger partial charge < -0.3 is 10.4 Å². The van der Waals surface area contributed by atoms with Crippen LogP contribution in [0.25, 0.3) is 0 Å². The summed E-state index contributed by atoms with van der Waals surface area (Å²) < 4.78 is 0. The fourth-order valence-electron chi connectivity index (χ4n) is 1.75. The van der Waals surface area contributed by atoms with Crippen LogP contribution in [0.15, 0.2) is 18.3 Å². The minimum Gasteiger partial charge on any atom is -0.481 e. The zero-order chi connectivity index (χ0) is 14.3. The number of carbonyl (C=O) groups excluding carboxylic acids is 1. The number of carboxylic acid groups (broad SMARTS) is 1. The molecule has 0 saturated heterocycles. The molecule has 0 aliphatic rings. The van der Waals surface area contributed by atoms with Gasteiger partial charge in [-0.25, -0.2) is 0 Å². The van der Waals surface area contributed by atoms with Crippen LogP contribution in [0.2, 0.25) is 0 Å². The minimum atomic E-state index is -0.862. The van der Waals surface area contributed by atoms with Crippen molar-refractivity contribution in [1.29, 1.82) is 0 Å². The number of carbonyl (C=O) groups is 2. The fraction of sp³-hybridized carbons (Fsp3) is 0.500. The van der Waals surface area contributed by atoms with Gasteiger partial charge in [-0.2, -0.15) is 0 Å². The number of nitrogens with zero attached hydrogens (tertiary/aromatic N) is 1. The van der Waals surface area contributed by atoms with Crippen molar-refractivity contribution in [2.24, 2.45) is 5.92 Å². The monoisotopic (exact) mass is 264 g/mol. The summed E-state index contributed by atoms with van der Waals surface area (Å²) in [5.74, 6) is -1.54. The van der Waals surface area contributed by atoms with Crippen LogP contribution in [-0.2, 0) is 16.0 Å². The summed E-state index contributed by atoms with van der Waals surface area (Å²) in [7, 11) is 0. The summed E-state index contributed by atoms with van der Waals surface area (Å²) in [5.41, 5.74) is 1.73. The second-order valence-corrected chi connectivity index (χ2v) is 4.61. The molecule has 1 atom stereocenters. The largest absolute Gasteiger partial charge is 0.481 e. The molecule has 1 aromatic heterocycles. The number of rotatable bonds is 7. The van der Waals surface area contributed by atoms with Gasteiger partial charge in [0.25, 0.3) is 0 Å². The standard InChI is InChI=1S/C14H20N2O3/c1-3-4-12(14(18)19)9-16-13(17)7-11-6-5-10(2)15-8-11/h5-6,8,12H,3-4,7,9H2,1-2H3,(H,16,17)(H,18,19). The number of nitrogens with one attached hydrogen (secondary N) is 1. The van der Waals surface area contributed by atoms with Crippen LogP contribution in [-0.4, -0.2) is 28.5 Å². The third kappa shape index (κ3) is 5.50. The highest BCUT2D eigenvalue weighted by Crippen LogP contribution is 2.05. The van der Waals surface area contributed by atoms with E-state index in [1.807, 2.05) is 26.0 Å². The fourth-order valence-corrected chi connectivity index (χ4v) is 1.75. The molecule has 0 aliphatic carbocycles. The highest BCUT2D eigenvalue weighted by Gasteiger charge is 2.17. The second-order valence-electron chi connectivity index (χ2n) is 4.61. The number of aromatic nitrogens is 1. The highest BCUT2D eigenvalue weighted by molar-refractivity contribution is 5.79. The maximum atomic E-state index is 11.7. The number of carboxylic acids is 1. The van der Waals surface area contributed by atoms with E-state index in [9.17, 15) is 9.59 Å². The first kappa shape index (κ1) is 15.1. The van der Waals surface area contributed by atoms with Crippen molar-refractivity contribution in [3.05, 3.63) is 29.6 Å². The molecule has 0 spiro atoms. The molecule has 1 heterocycles. The summed E-state index contributed by atoms with van der Waals surface area (Å²) in [6, 6.07) is 3.70. The maximum absolute atomic E-state index is 11.7. The van der Waals surface area contributed by atoms with Gasteiger partial charge in [0.15, 0.2) is 0 Å². The normalized spacial score (nSPS) is 11.9. The van der Waals surface area contributed by atoms with Crippen molar-refractivity contribution in [2.45, 2.75) is 33.1 Å². The van der Waals surface area contributed by atoms with Crippen molar-refractivity contribution in [1.82, 2.24) is 10.3 Å². The van der Waals surface area contributed by atoms with Crippen LogP contribution in [0.5, 0.6) is 0 Å². The zero-order valence-corrected chi connectivity index (χ0v) is 11.3. The molecule has 5 nitrogen and oxygen atoms in total. The molecular formula is C14H20N2O3. The van der Waals surface area contributed by atoms with Crippen LogP contribution < -0.4 is 5.32 Å². The Balaban J connectivity index is 2.42. The van der Waals surface area contributed by atoms with E-state index in [1.165, 1.54) is 0 Å². The molecule has 5 heteroatoms. The first-order chi connectivity index (χ1) is 9.02. The molecule has 0 radical (unpaired) electrons. The van der Waals surface area contributed by atoms with Gasteiger partial charge in [-0.3, -0.25) is 14.6 Å². The van der Waals surface area contributed by atoms with Gasteiger partial charge in [-0.05, 0) is 25.0 Å². The van der Waals surface area contributed by atoms with Gasteiger partial charge in [-0.15, -0.1) is 0 Å². The smallest absolute Gasteiger partial charge is 0.308 e. The average molecular weight is 264 g/mol. The Hall–Kier alpha value is -1.91. The number of pyridine rings is 1. The molecule has 1 unspecified atom stereocenters. The Labute approximate surface area is 113 Å². The van der Waals surface area contributed by atoms with Gasteiger partial charge in [0.1, 0.15) is 0 Å². The lowest BCUT2D eigenvalue weighted by atomic mass is 10.0. The highest BCUT2D eigenvalue weighted by atomic mass is 16.4. The third-order valence-corrected chi connectivity index (χ3v) is 2.87. The Morgan fingerprint density at radius 3 is 2.68 bits per heavy atom. The van der Waals surface area contributed by atoms with Crippen LogP contribution >= 0.6 is 0 Å². The van der Waals surface area contributed by atoms with Crippen molar-refractivity contribution >= 4 is 11.9 Å². The predicted molar refractivity (Wildman–Crippen MR) is 71.7 cm³/mol. The van der Waals surface area contributed by atoms with E-state index in [1.54, 1.807) is 6.20 Å². The summed E-state index contributed by atoms with van der Waals surface area (Å²) in [4.78, 5) is 26.7. The summed E-state index contributed by atoms with van der Waals surface area (Å²) in [6.07, 6.45) is 3.25. The second kappa shape index (κ2) is 7.51. The number of aliphatic carboxylic acids is 1. The molecule has 2 N–H and O–H groups in total. The van der Waals surface area contributed by atoms with Crippen molar-refractivity contribution in [3.63, 3.8) is 0 Å².